The molecule has 1 amide bonds. The van der Waals surface area contributed by atoms with Gasteiger partial charge in [0.05, 0.1) is 6.61 Å². The Hall–Kier alpha value is -1.69. The quantitative estimate of drug-likeness (QED) is 0.838. The number of ether oxygens (including phenoxy) is 1. The summed E-state index contributed by atoms with van der Waals surface area (Å²) in [6, 6.07) is 3.29. The molecule has 1 aliphatic rings. The zero-order valence-electron chi connectivity index (χ0n) is 11.8. The van der Waals surface area contributed by atoms with Gasteiger partial charge >= 0.3 is 0 Å². The molecule has 1 aliphatic carbocycles. The van der Waals surface area contributed by atoms with Crippen molar-refractivity contribution in [3.05, 3.63) is 17.8 Å². The highest BCUT2D eigenvalue weighted by Gasteiger charge is 2.24. The van der Waals surface area contributed by atoms with E-state index in [9.17, 15) is 4.79 Å². The summed E-state index contributed by atoms with van der Waals surface area (Å²) in [7, 11) is 1.56. The van der Waals surface area contributed by atoms with E-state index in [4.69, 9.17) is 10.5 Å². The molecular formula is C14H22N4O2. The minimum atomic E-state index is -0.250. The molecule has 110 valence electrons. The topological polar surface area (TPSA) is 90.1 Å². The van der Waals surface area contributed by atoms with E-state index in [2.05, 4.69) is 15.5 Å². The normalized spacial score (nSPS) is 22.3. The Morgan fingerprint density at radius 1 is 1.35 bits per heavy atom. The molecule has 6 nitrogen and oxygen atoms in total. The van der Waals surface area contributed by atoms with Crippen LogP contribution in [0.5, 0.6) is 5.88 Å². The maximum Gasteiger partial charge on any atom is 0.271 e. The molecule has 0 aromatic carbocycles. The van der Waals surface area contributed by atoms with Crippen LogP contribution in [0.2, 0.25) is 0 Å². The molecule has 1 aromatic rings. The third-order valence-electron chi connectivity index (χ3n) is 3.91. The molecule has 0 bridgehead atoms. The van der Waals surface area contributed by atoms with Crippen LogP contribution >= 0.6 is 0 Å². The van der Waals surface area contributed by atoms with Crippen LogP contribution in [0.25, 0.3) is 0 Å². The molecule has 2 rings (SSSR count). The van der Waals surface area contributed by atoms with Crippen molar-refractivity contribution < 1.29 is 9.53 Å². The number of amides is 1. The number of nitrogens with one attached hydrogen (secondary N) is 1. The third kappa shape index (κ3) is 3.66. The predicted molar refractivity (Wildman–Crippen MR) is 75.4 cm³/mol. The highest BCUT2D eigenvalue weighted by atomic mass is 16.5. The van der Waals surface area contributed by atoms with E-state index in [1.54, 1.807) is 19.2 Å². The molecule has 1 aromatic heterocycles. The number of nitrogens with two attached hydrogens (primary N) is 1. The number of carbonyl (C=O) groups is 1. The van der Waals surface area contributed by atoms with E-state index in [0.29, 0.717) is 24.3 Å². The van der Waals surface area contributed by atoms with Crippen LogP contribution in [-0.2, 0) is 0 Å². The van der Waals surface area contributed by atoms with Gasteiger partial charge in [-0.05, 0) is 37.3 Å². The van der Waals surface area contributed by atoms with Crippen molar-refractivity contribution in [3.8, 4) is 5.88 Å². The third-order valence-corrected chi connectivity index (χ3v) is 3.91. The molecule has 0 aliphatic heterocycles. The summed E-state index contributed by atoms with van der Waals surface area (Å²) in [5.74, 6) is 1.24. The standard InChI is InChI=1S/C14H22N4O2/c1-16-14(19)12-6-7-13(18-17-12)20-9-11-5-3-2-4-10(11)8-15/h6-7,10-11H,2-5,8-9,15H2,1H3,(H,16,19). The van der Waals surface area contributed by atoms with E-state index < -0.39 is 0 Å². The molecule has 1 fully saturated rings. The molecular weight excluding hydrogens is 256 g/mol. The zero-order chi connectivity index (χ0) is 14.4. The van der Waals surface area contributed by atoms with E-state index in [1.807, 2.05) is 0 Å². The van der Waals surface area contributed by atoms with Crippen LogP contribution in [0.15, 0.2) is 12.1 Å². The van der Waals surface area contributed by atoms with Gasteiger partial charge < -0.3 is 15.8 Å². The largest absolute Gasteiger partial charge is 0.476 e. The molecule has 0 radical (unpaired) electrons. The molecule has 0 saturated heterocycles. The van der Waals surface area contributed by atoms with Crippen molar-refractivity contribution in [1.29, 1.82) is 0 Å². The van der Waals surface area contributed by atoms with Crippen molar-refractivity contribution in [1.82, 2.24) is 15.5 Å². The Bertz CT molecular complexity index is 435. The fourth-order valence-electron chi connectivity index (χ4n) is 2.65. The highest BCUT2D eigenvalue weighted by Crippen LogP contribution is 2.29. The molecule has 3 N–H and O–H groups in total. The fourth-order valence-corrected chi connectivity index (χ4v) is 2.65. The molecule has 20 heavy (non-hydrogen) atoms. The average molecular weight is 278 g/mol. The van der Waals surface area contributed by atoms with Crippen molar-refractivity contribution in [2.45, 2.75) is 25.7 Å². The van der Waals surface area contributed by atoms with Crippen LogP contribution in [0.4, 0.5) is 0 Å². The monoisotopic (exact) mass is 278 g/mol. The lowest BCUT2D eigenvalue weighted by Crippen LogP contribution is -2.30. The number of rotatable bonds is 5. The second-order valence-corrected chi connectivity index (χ2v) is 5.19. The van der Waals surface area contributed by atoms with Crippen LogP contribution in [0.3, 0.4) is 0 Å². The second kappa shape index (κ2) is 7.19. The minimum Gasteiger partial charge on any atom is -0.476 e. The second-order valence-electron chi connectivity index (χ2n) is 5.19. The van der Waals surface area contributed by atoms with Gasteiger partial charge in [-0.3, -0.25) is 4.79 Å². The summed E-state index contributed by atoms with van der Waals surface area (Å²) in [6.07, 6.45) is 4.85. The van der Waals surface area contributed by atoms with Gasteiger partial charge in [0.2, 0.25) is 5.88 Å². The van der Waals surface area contributed by atoms with E-state index in [-0.39, 0.29) is 11.6 Å². The Labute approximate surface area is 119 Å². The zero-order valence-corrected chi connectivity index (χ0v) is 11.8. The summed E-state index contributed by atoms with van der Waals surface area (Å²) < 4.78 is 5.69. The predicted octanol–water partition coefficient (Wildman–Crippen LogP) is 0.980. The lowest BCUT2D eigenvalue weighted by atomic mass is 9.80. The van der Waals surface area contributed by atoms with E-state index >= 15 is 0 Å². The maximum absolute atomic E-state index is 11.3. The Morgan fingerprint density at radius 3 is 2.70 bits per heavy atom. The number of hydrogen-bond donors (Lipinski definition) is 2. The Morgan fingerprint density at radius 2 is 2.10 bits per heavy atom. The lowest BCUT2D eigenvalue weighted by Gasteiger charge is -2.30. The minimum absolute atomic E-state index is 0.250. The number of nitrogens with zero attached hydrogens (tertiary/aromatic N) is 2. The average Bonchev–Trinajstić information content (AvgIpc) is 2.53. The van der Waals surface area contributed by atoms with Crippen LogP contribution in [0.1, 0.15) is 36.2 Å². The Balaban J connectivity index is 1.88. The van der Waals surface area contributed by atoms with Gasteiger partial charge in [-0.25, -0.2) is 0 Å². The van der Waals surface area contributed by atoms with Gasteiger partial charge in [-0.15, -0.1) is 10.2 Å². The van der Waals surface area contributed by atoms with Gasteiger partial charge in [0.25, 0.3) is 5.91 Å². The fraction of sp³-hybridized carbons (Fsp3) is 0.643. The highest BCUT2D eigenvalue weighted by molar-refractivity contribution is 5.91. The Kier molecular flexibility index (Phi) is 5.29. The van der Waals surface area contributed by atoms with Gasteiger partial charge in [0.15, 0.2) is 5.69 Å². The first-order chi connectivity index (χ1) is 9.74. The van der Waals surface area contributed by atoms with Gasteiger partial charge in [-0.2, -0.15) is 0 Å². The maximum atomic E-state index is 11.3. The summed E-state index contributed by atoms with van der Waals surface area (Å²) in [5, 5.41) is 10.3. The first-order valence-electron chi connectivity index (χ1n) is 7.13. The van der Waals surface area contributed by atoms with Gasteiger partial charge in [0.1, 0.15) is 0 Å². The van der Waals surface area contributed by atoms with Crippen molar-refractivity contribution in [3.63, 3.8) is 0 Å². The number of carbonyl (C=O) groups excluding carboxylic acids is 1. The van der Waals surface area contributed by atoms with Crippen molar-refractivity contribution in [2.75, 3.05) is 20.2 Å². The smallest absolute Gasteiger partial charge is 0.271 e. The molecule has 1 saturated carbocycles. The molecule has 1 heterocycles. The summed E-state index contributed by atoms with van der Waals surface area (Å²) in [4.78, 5) is 11.3. The summed E-state index contributed by atoms with van der Waals surface area (Å²) in [6.45, 7) is 1.34. The molecule has 2 unspecified atom stereocenters. The molecule has 2 atom stereocenters. The van der Waals surface area contributed by atoms with Gasteiger partial charge in [-0.1, -0.05) is 12.8 Å². The number of hydrogen-bond acceptors (Lipinski definition) is 5. The SMILES string of the molecule is CNC(=O)c1ccc(OCC2CCCCC2CN)nn1. The van der Waals surface area contributed by atoms with Gasteiger partial charge in [0, 0.05) is 13.1 Å². The van der Waals surface area contributed by atoms with Crippen LogP contribution < -0.4 is 15.8 Å². The van der Waals surface area contributed by atoms with Crippen molar-refractivity contribution in [2.24, 2.45) is 17.6 Å². The first-order valence-corrected chi connectivity index (χ1v) is 7.13. The first kappa shape index (κ1) is 14.7. The van der Waals surface area contributed by atoms with E-state index in [0.717, 1.165) is 13.0 Å². The number of aromatic nitrogens is 2. The molecule has 0 spiro atoms. The summed E-state index contributed by atoms with van der Waals surface area (Å²) >= 11 is 0. The van der Waals surface area contributed by atoms with Crippen LogP contribution in [-0.4, -0.2) is 36.3 Å². The van der Waals surface area contributed by atoms with Crippen molar-refractivity contribution >= 4 is 5.91 Å². The lowest BCUT2D eigenvalue weighted by molar-refractivity contribution is 0.0956. The van der Waals surface area contributed by atoms with Crippen LogP contribution in [0, 0.1) is 11.8 Å². The van der Waals surface area contributed by atoms with E-state index in [1.165, 1.54) is 19.3 Å². The molecule has 6 heteroatoms. The summed E-state index contributed by atoms with van der Waals surface area (Å²) in [5.41, 5.74) is 6.09.